The fraction of sp³-hybridized carbons (Fsp3) is 0.818. The molecule has 0 radical (unpaired) electrons. The number of hydrogen-bond donors (Lipinski definition) is 1. The number of rotatable bonds is 5. The second kappa shape index (κ2) is 6.82. The van der Waals surface area contributed by atoms with Crippen LogP contribution in [-0.4, -0.2) is 28.3 Å². The molecule has 0 unspecified atom stereocenters. The van der Waals surface area contributed by atoms with E-state index in [1.165, 1.54) is 44.9 Å². The molecular formula is C22H35N3O2. The number of aromatic nitrogens is 2. The Kier molecular flexibility index (Phi) is 4.76. The molecule has 5 heteroatoms. The standard InChI is InChI=1S/C22H35N3O2/c1-21(2)16-10-11-22(21,3)18(12-16)24-19(26)17-13-23-25(4)20(17)27-14-15-8-6-5-7-9-15/h13,15-16,18H,5-12,14H2,1-4H3,(H,24,26)/t16-,18-,22+/m1/s1. The van der Waals surface area contributed by atoms with Gasteiger partial charge in [0, 0.05) is 13.1 Å². The maximum Gasteiger partial charge on any atom is 0.258 e. The fourth-order valence-electron chi connectivity index (χ4n) is 5.96. The molecule has 1 heterocycles. The Morgan fingerprint density at radius 3 is 2.63 bits per heavy atom. The van der Waals surface area contributed by atoms with E-state index in [9.17, 15) is 4.79 Å². The van der Waals surface area contributed by atoms with Crippen LogP contribution in [0.4, 0.5) is 0 Å². The minimum Gasteiger partial charge on any atom is -0.477 e. The van der Waals surface area contributed by atoms with Crippen LogP contribution in [0.25, 0.3) is 0 Å². The highest BCUT2D eigenvalue weighted by Crippen LogP contribution is 2.65. The minimum atomic E-state index is -0.0312. The summed E-state index contributed by atoms with van der Waals surface area (Å²) in [4.78, 5) is 13.1. The van der Waals surface area contributed by atoms with Gasteiger partial charge < -0.3 is 10.1 Å². The van der Waals surface area contributed by atoms with Crippen molar-refractivity contribution in [1.29, 1.82) is 0 Å². The predicted molar refractivity (Wildman–Crippen MR) is 106 cm³/mol. The molecule has 1 N–H and O–H groups in total. The zero-order valence-electron chi connectivity index (χ0n) is 17.4. The van der Waals surface area contributed by atoms with Gasteiger partial charge in [0.1, 0.15) is 5.56 Å². The summed E-state index contributed by atoms with van der Waals surface area (Å²) in [5, 5.41) is 7.64. The summed E-state index contributed by atoms with van der Waals surface area (Å²) >= 11 is 0. The number of fused-ring (bicyclic) bond motifs is 2. The summed E-state index contributed by atoms with van der Waals surface area (Å²) in [5.41, 5.74) is 1.05. The summed E-state index contributed by atoms with van der Waals surface area (Å²) in [6, 6.07) is 0.241. The van der Waals surface area contributed by atoms with Gasteiger partial charge in [-0.3, -0.25) is 4.79 Å². The number of amides is 1. The van der Waals surface area contributed by atoms with Crippen molar-refractivity contribution >= 4 is 5.91 Å². The average Bonchev–Trinajstić information content (AvgIpc) is 3.18. The Labute approximate surface area is 163 Å². The zero-order valence-corrected chi connectivity index (χ0v) is 17.4. The summed E-state index contributed by atoms with van der Waals surface area (Å²) in [7, 11) is 1.86. The highest BCUT2D eigenvalue weighted by molar-refractivity contribution is 5.96. The van der Waals surface area contributed by atoms with Crippen molar-refractivity contribution in [3.05, 3.63) is 11.8 Å². The van der Waals surface area contributed by atoms with Gasteiger partial charge >= 0.3 is 0 Å². The number of hydrogen-bond acceptors (Lipinski definition) is 3. The van der Waals surface area contributed by atoms with Crippen LogP contribution in [0.1, 0.15) is 82.5 Å². The molecule has 0 aliphatic heterocycles. The second-order valence-corrected chi connectivity index (χ2v) is 9.94. The summed E-state index contributed by atoms with van der Waals surface area (Å²) in [6.45, 7) is 7.80. The van der Waals surface area contributed by atoms with Gasteiger partial charge in [-0.25, -0.2) is 4.68 Å². The molecule has 0 aromatic carbocycles. The third kappa shape index (κ3) is 3.07. The predicted octanol–water partition coefficient (Wildman–Crippen LogP) is 4.32. The molecule has 1 aromatic heterocycles. The molecule has 0 saturated heterocycles. The molecular weight excluding hydrogens is 338 g/mol. The van der Waals surface area contributed by atoms with Crippen LogP contribution in [0.2, 0.25) is 0 Å². The van der Waals surface area contributed by atoms with Crippen LogP contribution >= 0.6 is 0 Å². The Morgan fingerprint density at radius 2 is 2.00 bits per heavy atom. The van der Waals surface area contributed by atoms with E-state index in [1.807, 2.05) is 7.05 Å². The Balaban J connectivity index is 1.44. The van der Waals surface area contributed by atoms with E-state index in [4.69, 9.17) is 4.74 Å². The fourth-order valence-corrected chi connectivity index (χ4v) is 5.96. The molecule has 5 nitrogen and oxygen atoms in total. The highest BCUT2D eigenvalue weighted by Gasteiger charge is 2.61. The lowest BCUT2D eigenvalue weighted by molar-refractivity contribution is 0.0820. The van der Waals surface area contributed by atoms with E-state index in [2.05, 4.69) is 31.2 Å². The van der Waals surface area contributed by atoms with Crippen LogP contribution in [0.3, 0.4) is 0 Å². The van der Waals surface area contributed by atoms with Crippen LogP contribution in [-0.2, 0) is 7.05 Å². The van der Waals surface area contributed by atoms with E-state index in [1.54, 1.807) is 10.9 Å². The van der Waals surface area contributed by atoms with E-state index < -0.39 is 0 Å². The molecule has 150 valence electrons. The van der Waals surface area contributed by atoms with E-state index >= 15 is 0 Å². The zero-order chi connectivity index (χ0) is 19.2. The number of nitrogens with one attached hydrogen (secondary N) is 1. The van der Waals surface area contributed by atoms with Gasteiger partial charge in [-0.2, -0.15) is 5.10 Å². The third-order valence-electron chi connectivity index (χ3n) is 8.41. The van der Waals surface area contributed by atoms with Crippen molar-refractivity contribution in [2.45, 2.75) is 78.2 Å². The largest absolute Gasteiger partial charge is 0.477 e. The number of carbonyl (C=O) groups is 1. The van der Waals surface area contributed by atoms with Crippen molar-refractivity contribution in [2.75, 3.05) is 6.61 Å². The van der Waals surface area contributed by atoms with Crippen LogP contribution in [0, 0.1) is 22.7 Å². The third-order valence-corrected chi connectivity index (χ3v) is 8.41. The first kappa shape index (κ1) is 18.8. The SMILES string of the molecule is Cn1ncc(C(=O)N[C@@H]2C[C@H]3CC[C@]2(C)C3(C)C)c1OCC1CCCCC1. The minimum absolute atomic E-state index is 0.0312. The van der Waals surface area contributed by atoms with Gasteiger partial charge in [0.25, 0.3) is 5.91 Å². The van der Waals surface area contributed by atoms with Crippen molar-refractivity contribution < 1.29 is 9.53 Å². The molecule has 3 fully saturated rings. The maximum atomic E-state index is 13.1. The molecule has 3 saturated carbocycles. The van der Waals surface area contributed by atoms with Crippen LogP contribution in [0.5, 0.6) is 5.88 Å². The average molecular weight is 374 g/mol. The molecule has 27 heavy (non-hydrogen) atoms. The molecule has 4 rings (SSSR count). The number of nitrogens with zero attached hydrogens (tertiary/aromatic N) is 2. The van der Waals surface area contributed by atoms with Crippen LogP contribution < -0.4 is 10.1 Å². The lowest BCUT2D eigenvalue weighted by Gasteiger charge is -2.39. The number of aryl methyl sites for hydroxylation is 1. The Hall–Kier alpha value is -1.52. The molecule has 2 bridgehead atoms. The van der Waals surface area contributed by atoms with E-state index in [0.29, 0.717) is 35.3 Å². The topological polar surface area (TPSA) is 56.2 Å². The van der Waals surface area contributed by atoms with Gasteiger partial charge in [0.2, 0.25) is 5.88 Å². The lowest BCUT2D eigenvalue weighted by Crippen LogP contribution is -2.46. The summed E-state index contributed by atoms with van der Waals surface area (Å²) in [6.07, 6.45) is 11.6. The van der Waals surface area contributed by atoms with E-state index in [-0.39, 0.29) is 17.4 Å². The molecule has 1 aromatic rings. The first-order valence-corrected chi connectivity index (χ1v) is 10.8. The molecule has 1 amide bonds. The van der Waals surface area contributed by atoms with Crippen molar-refractivity contribution in [1.82, 2.24) is 15.1 Å². The monoisotopic (exact) mass is 373 g/mol. The van der Waals surface area contributed by atoms with Crippen molar-refractivity contribution in [2.24, 2.45) is 29.7 Å². The van der Waals surface area contributed by atoms with Gasteiger partial charge in [-0.05, 0) is 54.8 Å². The maximum absolute atomic E-state index is 13.1. The molecule has 3 atom stereocenters. The number of carbonyl (C=O) groups excluding carboxylic acids is 1. The van der Waals surface area contributed by atoms with Gasteiger partial charge in [0.15, 0.2) is 0 Å². The van der Waals surface area contributed by atoms with Crippen molar-refractivity contribution in [3.63, 3.8) is 0 Å². The molecule has 0 spiro atoms. The molecule has 3 aliphatic carbocycles. The van der Waals surface area contributed by atoms with Gasteiger partial charge in [-0.1, -0.05) is 40.0 Å². The number of ether oxygens (including phenoxy) is 1. The van der Waals surface area contributed by atoms with Gasteiger partial charge in [0.05, 0.1) is 12.8 Å². The summed E-state index contributed by atoms with van der Waals surface area (Å²) < 4.78 is 7.80. The Morgan fingerprint density at radius 1 is 1.26 bits per heavy atom. The highest BCUT2D eigenvalue weighted by atomic mass is 16.5. The first-order chi connectivity index (χ1) is 12.8. The normalized spacial score (nSPS) is 32.6. The van der Waals surface area contributed by atoms with E-state index in [0.717, 1.165) is 6.42 Å². The lowest BCUT2D eigenvalue weighted by atomic mass is 9.69. The van der Waals surface area contributed by atoms with Gasteiger partial charge in [-0.15, -0.1) is 0 Å². The van der Waals surface area contributed by atoms with Crippen molar-refractivity contribution in [3.8, 4) is 5.88 Å². The quantitative estimate of drug-likeness (QED) is 0.836. The molecule has 3 aliphatic rings. The smallest absolute Gasteiger partial charge is 0.258 e. The van der Waals surface area contributed by atoms with Crippen LogP contribution in [0.15, 0.2) is 6.20 Å². The second-order valence-electron chi connectivity index (χ2n) is 9.94. The summed E-state index contributed by atoms with van der Waals surface area (Å²) in [5.74, 6) is 1.90. The first-order valence-electron chi connectivity index (χ1n) is 10.8. The Bertz CT molecular complexity index is 704.